The number of nitrogens with one attached hydrogen (secondary N) is 1. The summed E-state index contributed by atoms with van der Waals surface area (Å²) in [5.41, 5.74) is -0.375. The number of aliphatic hydroxyl groups is 1. The van der Waals surface area contributed by atoms with Gasteiger partial charge in [0, 0.05) is 0 Å². The van der Waals surface area contributed by atoms with Crippen molar-refractivity contribution in [1.82, 2.24) is 9.55 Å². The first kappa shape index (κ1) is 11.2. The van der Waals surface area contributed by atoms with E-state index in [1.54, 1.807) is 6.92 Å². The fourth-order valence-electron chi connectivity index (χ4n) is 2.24. The summed E-state index contributed by atoms with van der Waals surface area (Å²) >= 11 is 0.288. The van der Waals surface area contributed by atoms with Crippen LogP contribution in [0.1, 0.15) is 11.8 Å². The van der Waals surface area contributed by atoms with Crippen LogP contribution in [0.4, 0.5) is 0 Å². The van der Waals surface area contributed by atoms with E-state index in [0.717, 1.165) is 5.32 Å². The van der Waals surface area contributed by atoms with Gasteiger partial charge in [-0.1, -0.05) is 0 Å². The summed E-state index contributed by atoms with van der Waals surface area (Å²) in [7, 11) is 0. The van der Waals surface area contributed by atoms with Crippen molar-refractivity contribution >= 4 is 15.0 Å². The molecule has 7 heteroatoms. The molecule has 0 aromatic carbocycles. The molecule has 0 radical (unpaired) electrons. The van der Waals surface area contributed by atoms with Crippen molar-refractivity contribution < 1.29 is 9.84 Å². The predicted molar refractivity (Wildman–Crippen MR) is 60.3 cm³/mol. The van der Waals surface area contributed by atoms with Gasteiger partial charge in [0.1, 0.15) is 0 Å². The Morgan fingerprint density at radius 3 is 2.94 bits per heavy atom. The van der Waals surface area contributed by atoms with Gasteiger partial charge in [-0.2, -0.15) is 0 Å². The van der Waals surface area contributed by atoms with Crippen LogP contribution in [0.15, 0.2) is 15.8 Å². The zero-order valence-electron chi connectivity index (χ0n) is 9.12. The first-order valence-corrected chi connectivity index (χ1v) is 7.55. The summed E-state index contributed by atoms with van der Waals surface area (Å²) in [6.45, 7) is 1.64. The zero-order valence-corrected chi connectivity index (χ0v) is 10.8. The van der Waals surface area contributed by atoms with Gasteiger partial charge in [0.25, 0.3) is 0 Å². The fourth-order valence-corrected chi connectivity index (χ4v) is 5.22. The summed E-state index contributed by atoms with van der Waals surface area (Å²) < 4.78 is 7.04. The fraction of sp³-hybridized carbons (Fsp3) is 0.600. The summed E-state index contributed by atoms with van der Waals surface area (Å²) in [5, 5.41) is 10.8. The minimum atomic E-state index is -0.473. The van der Waals surface area contributed by atoms with Crippen molar-refractivity contribution in [3.63, 3.8) is 0 Å². The topological polar surface area (TPSA) is 84.3 Å². The number of H-pyrrole nitrogens is 1. The molecule has 1 aromatic rings. The van der Waals surface area contributed by atoms with E-state index in [-0.39, 0.29) is 31.4 Å². The number of aromatic amines is 1. The number of hydrogen-bond acceptors (Lipinski definition) is 4. The molecule has 4 atom stereocenters. The van der Waals surface area contributed by atoms with Gasteiger partial charge in [0.05, 0.1) is 0 Å². The van der Waals surface area contributed by atoms with Crippen molar-refractivity contribution in [2.45, 2.75) is 35.5 Å². The number of hydrogen-bond donors (Lipinski definition) is 2. The van der Waals surface area contributed by atoms with Gasteiger partial charge in [-0.25, -0.2) is 0 Å². The summed E-state index contributed by atoms with van der Waals surface area (Å²) in [4.78, 5) is 25.3. The summed E-state index contributed by atoms with van der Waals surface area (Å²) in [6, 6.07) is 0. The third-order valence-corrected chi connectivity index (χ3v) is 6.16. The second kappa shape index (κ2) is 3.81. The van der Waals surface area contributed by atoms with Crippen molar-refractivity contribution in [3.05, 3.63) is 32.6 Å². The van der Waals surface area contributed by atoms with Crippen LogP contribution in [0.25, 0.3) is 0 Å². The average molecular weight is 303 g/mol. The Labute approximate surface area is 103 Å². The Kier molecular flexibility index (Phi) is 2.52. The maximum atomic E-state index is 11.7. The number of aliphatic hydroxyl groups excluding tert-OH is 1. The molecule has 2 fully saturated rings. The number of aryl methyl sites for hydroxylation is 1. The first-order valence-electron chi connectivity index (χ1n) is 5.35. The van der Waals surface area contributed by atoms with Gasteiger partial charge in [0.15, 0.2) is 0 Å². The quantitative estimate of drug-likeness (QED) is 0.654. The van der Waals surface area contributed by atoms with Crippen LogP contribution in [0.3, 0.4) is 0 Å². The number of fused-ring (bicyclic) bond motifs is 2. The molecule has 3 heterocycles. The van der Waals surface area contributed by atoms with Gasteiger partial charge in [0.2, 0.25) is 0 Å². The maximum absolute atomic E-state index is 11.7. The van der Waals surface area contributed by atoms with Crippen molar-refractivity contribution in [2.75, 3.05) is 0 Å². The van der Waals surface area contributed by atoms with E-state index in [1.165, 1.54) is 10.8 Å². The second-order valence-electron chi connectivity index (χ2n) is 4.33. The molecule has 2 bridgehead atoms. The molecule has 0 saturated carbocycles. The molecule has 3 rings (SSSR count). The third kappa shape index (κ3) is 1.62. The number of aromatic nitrogens is 2. The molecular weight excluding hydrogens is 291 g/mol. The Balaban J connectivity index is 2.04. The van der Waals surface area contributed by atoms with Crippen LogP contribution in [0.5, 0.6) is 0 Å². The Bertz CT molecular complexity index is 566. The van der Waals surface area contributed by atoms with Crippen LogP contribution < -0.4 is 11.2 Å². The molecule has 0 spiro atoms. The second-order valence-corrected chi connectivity index (χ2v) is 6.87. The molecule has 0 unspecified atom stereocenters. The summed E-state index contributed by atoms with van der Waals surface area (Å²) in [6.07, 6.45) is 0.463. The molecule has 2 aliphatic rings. The predicted octanol–water partition coefficient (Wildman–Crippen LogP) is -0.972. The third-order valence-electron chi connectivity index (χ3n) is 3.19. The van der Waals surface area contributed by atoms with Crippen molar-refractivity contribution in [1.29, 1.82) is 0 Å². The average Bonchev–Trinajstić information content (AvgIpc) is 2.79. The van der Waals surface area contributed by atoms with Crippen LogP contribution in [-0.2, 0) is 4.74 Å². The number of rotatable bonds is 1. The number of ether oxygens (including phenoxy) is 1. The summed E-state index contributed by atoms with van der Waals surface area (Å²) in [5.74, 6) is 0. The molecule has 2 aliphatic heterocycles. The Hall–Kier alpha value is -0.881. The van der Waals surface area contributed by atoms with E-state index in [2.05, 4.69) is 4.98 Å². The van der Waals surface area contributed by atoms with Gasteiger partial charge in [-0.05, 0) is 0 Å². The van der Waals surface area contributed by atoms with Crippen LogP contribution >= 0.6 is 0 Å². The number of nitrogens with zero attached hydrogens (tertiary/aromatic N) is 1. The normalized spacial score (nSPS) is 35.4. The minimum absolute atomic E-state index is 0.00972. The van der Waals surface area contributed by atoms with Gasteiger partial charge in [-0.15, -0.1) is 0 Å². The van der Waals surface area contributed by atoms with Crippen LogP contribution in [0.2, 0.25) is 10.1 Å². The zero-order chi connectivity index (χ0) is 12.2. The van der Waals surface area contributed by atoms with E-state index >= 15 is 0 Å². The molecule has 0 amide bonds. The molecular formula is C10H12N2O4Se. The Morgan fingerprint density at radius 1 is 1.59 bits per heavy atom. The van der Waals surface area contributed by atoms with E-state index in [0.29, 0.717) is 5.56 Å². The van der Waals surface area contributed by atoms with Crippen LogP contribution in [0, 0.1) is 6.92 Å². The van der Waals surface area contributed by atoms with Crippen molar-refractivity contribution in [2.24, 2.45) is 0 Å². The molecule has 2 saturated heterocycles. The van der Waals surface area contributed by atoms with Crippen molar-refractivity contribution in [3.8, 4) is 0 Å². The van der Waals surface area contributed by atoms with E-state index < -0.39 is 18.0 Å². The van der Waals surface area contributed by atoms with Gasteiger partial charge < -0.3 is 0 Å². The standard InChI is InChI=1S/C10H12N2O4Se/c1-4-2-12(10(15)11-8(4)14)9-7-6(13)5(16-9)3-17-7/h2,5-7,9,13H,3H2,1H3,(H,11,14,15)/t5-,6-,7+,9+/m1/s1. The molecule has 6 nitrogen and oxygen atoms in total. The molecule has 2 N–H and O–H groups in total. The first-order chi connectivity index (χ1) is 8.08. The van der Waals surface area contributed by atoms with E-state index in [1.807, 2.05) is 0 Å². The van der Waals surface area contributed by atoms with Gasteiger partial charge in [-0.3, -0.25) is 0 Å². The molecule has 17 heavy (non-hydrogen) atoms. The van der Waals surface area contributed by atoms with Gasteiger partial charge >= 0.3 is 102 Å². The molecule has 1 aromatic heterocycles. The van der Waals surface area contributed by atoms with Crippen LogP contribution in [-0.4, -0.2) is 41.8 Å². The van der Waals surface area contributed by atoms with E-state index in [9.17, 15) is 14.7 Å². The molecule has 0 aliphatic carbocycles. The molecule has 92 valence electrons. The SMILES string of the molecule is Cc1cn([C@H]2O[C@@H]3C[Se][C@H]2[C@@H]3O)c(=O)[nH]c1=O. The Morgan fingerprint density at radius 2 is 2.35 bits per heavy atom. The van der Waals surface area contributed by atoms with E-state index in [4.69, 9.17) is 4.74 Å². The monoisotopic (exact) mass is 304 g/mol.